The Kier molecular flexibility index (Phi) is 7.27. The molecule has 0 aliphatic carbocycles. The summed E-state index contributed by atoms with van der Waals surface area (Å²) in [5.74, 6) is 3.26. The summed E-state index contributed by atoms with van der Waals surface area (Å²) in [6.45, 7) is 3.00. The molecule has 0 amide bonds. The lowest BCUT2D eigenvalue weighted by molar-refractivity contribution is 0.393. The second-order valence-corrected chi connectivity index (χ2v) is 10.0. The van der Waals surface area contributed by atoms with Crippen molar-refractivity contribution in [2.24, 2.45) is 15.9 Å². The normalized spacial score (nSPS) is 20.4. The van der Waals surface area contributed by atoms with Gasteiger partial charge in [0.1, 0.15) is 5.84 Å². The van der Waals surface area contributed by atoms with E-state index in [1.54, 1.807) is 0 Å². The van der Waals surface area contributed by atoms with Crippen molar-refractivity contribution in [2.45, 2.75) is 25.2 Å². The van der Waals surface area contributed by atoms with E-state index in [-0.39, 0.29) is 0 Å². The Morgan fingerprint density at radius 1 is 0.853 bits per heavy atom. The molecule has 2 heterocycles. The SMILES string of the molecule is CN1C[C@H](CCS)[C@H](c2cccc(CCC3=NCC(c4ccc(-c5ccccc5)cc4)=N3)c2)C1. The van der Waals surface area contributed by atoms with Gasteiger partial charge in [0.05, 0.1) is 12.3 Å². The van der Waals surface area contributed by atoms with E-state index in [2.05, 4.69) is 97.4 Å². The maximum Gasteiger partial charge on any atom is 0.124 e. The maximum absolute atomic E-state index is 4.87. The summed E-state index contributed by atoms with van der Waals surface area (Å²) in [5.41, 5.74) is 7.57. The highest BCUT2D eigenvalue weighted by Crippen LogP contribution is 2.34. The van der Waals surface area contributed by atoms with Crippen molar-refractivity contribution in [3.05, 3.63) is 95.6 Å². The Morgan fingerprint density at radius 3 is 2.41 bits per heavy atom. The minimum atomic E-state index is 0.615. The monoisotopic (exact) mass is 467 g/mol. The Morgan fingerprint density at radius 2 is 1.62 bits per heavy atom. The van der Waals surface area contributed by atoms with E-state index in [1.165, 1.54) is 40.8 Å². The van der Waals surface area contributed by atoms with Crippen molar-refractivity contribution in [2.75, 3.05) is 32.4 Å². The number of aryl methyl sites for hydroxylation is 1. The van der Waals surface area contributed by atoms with Crippen LogP contribution >= 0.6 is 12.6 Å². The molecule has 3 nitrogen and oxygen atoms in total. The summed E-state index contributed by atoms with van der Waals surface area (Å²) >= 11 is 4.49. The van der Waals surface area contributed by atoms with Gasteiger partial charge in [0.2, 0.25) is 0 Å². The van der Waals surface area contributed by atoms with Crippen LogP contribution in [-0.2, 0) is 6.42 Å². The zero-order valence-corrected chi connectivity index (χ0v) is 20.8. The van der Waals surface area contributed by atoms with Crippen LogP contribution in [0.15, 0.2) is 88.8 Å². The predicted molar refractivity (Wildman–Crippen MR) is 148 cm³/mol. The zero-order valence-electron chi connectivity index (χ0n) is 19.9. The third-order valence-electron chi connectivity index (χ3n) is 7.14. The van der Waals surface area contributed by atoms with Gasteiger partial charge in [0.15, 0.2) is 0 Å². The van der Waals surface area contributed by atoms with Crippen LogP contribution in [0.5, 0.6) is 0 Å². The Balaban J connectivity index is 1.21. The number of benzene rings is 3. The van der Waals surface area contributed by atoms with Crippen LogP contribution in [0, 0.1) is 5.92 Å². The molecule has 0 unspecified atom stereocenters. The third-order valence-corrected chi connectivity index (χ3v) is 7.40. The maximum atomic E-state index is 4.87. The summed E-state index contributed by atoms with van der Waals surface area (Å²) in [6.07, 6.45) is 3.05. The van der Waals surface area contributed by atoms with Crippen LogP contribution in [0.2, 0.25) is 0 Å². The van der Waals surface area contributed by atoms with Gasteiger partial charge in [-0.1, -0.05) is 78.9 Å². The van der Waals surface area contributed by atoms with Crippen molar-refractivity contribution in [1.29, 1.82) is 0 Å². The molecule has 0 aromatic heterocycles. The topological polar surface area (TPSA) is 28.0 Å². The van der Waals surface area contributed by atoms with Gasteiger partial charge in [0.25, 0.3) is 0 Å². The highest BCUT2D eigenvalue weighted by atomic mass is 32.1. The van der Waals surface area contributed by atoms with Crippen LogP contribution in [0.25, 0.3) is 11.1 Å². The van der Waals surface area contributed by atoms with E-state index in [0.29, 0.717) is 18.4 Å². The van der Waals surface area contributed by atoms with E-state index in [1.807, 2.05) is 6.07 Å². The summed E-state index contributed by atoms with van der Waals surface area (Å²) in [7, 11) is 2.23. The van der Waals surface area contributed by atoms with Crippen LogP contribution < -0.4 is 0 Å². The number of hydrogen-bond donors (Lipinski definition) is 1. The molecule has 1 saturated heterocycles. The number of rotatable bonds is 8. The second-order valence-electron chi connectivity index (χ2n) is 9.58. The van der Waals surface area contributed by atoms with Crippen LogP contribution in [0.1, 0.15) is 35.4 Å². The van der Waals surface area contributed by atoms with Crippen molar-refractivity contribution < 1.29 is 0 Å². The van der Waals surface area contributed by atoms with E-state index in [0.717, 1.165) is 36.7 Å². The molecule has 0 saturated carbocycles. The first-order valence-electron chi connectivity index (χ1n) is 12.3. The quantitative estimate of drug-likeness (QED) is 0.395. The molecule has 4 heteroatoms. The highest BCUT2D eigenvalue weighted by molar-refractivity contribution is 7.80. The average molecular weight is 468 g/mol. The number of thiol groups is 1. The lowest BCUT2D eigenvalue weighted by atomic mass is 9.86. The lowest BCUT2D eigenvalue weighted by Crippen LogP contribution is -2.14. The molecular formula is C30H33N3S. The summed E-state index contributed by atoms with van der Waals surface area (Å²) in [4.78, 5) is 12.1. The van der Waals surface area contributed by atoms with Crippen LogP contribution in [0.4, 0.5) is 0 Å². The molecule has 174 valence electrons. The second kappa shape index (κ2) is 10.7. The Bertz CT molecular complexity index is 1170. The van der Waals surface area contributed by atoms with Crippen LogP contribution in [0.3, 0.4) is 0 Å². The van der Waals surface area contributed by atoms with Gasteiger partial charge in [-0.3, -0.25) is 4.99 Å². The van der Waals surface area contributed by atoms with Crippen LogP contribution in [-0.4, -0.2) is 48.9 Å². The molecule has 3 aromatic carbocycles. The highest BCUT2D eigenvalue weighted by Gasteiger charge is 2.31. The minimum absolute atomic E-state index is 0.615. The number of aliphatic imine (C=N–C) groups is 2. The standard InChI is InChI=1S/C30H33N3S/c1-33-20-27(16-17-34)28(21-33)26-9-5-6-22(18-26)10-15-30-31-19-29(32-30)25-13-11-24(12-14-25)23-7-3-2-4-8-23/h2-9,11-14,18,27-28,34H,10,15-17,19-21H2,1H3/t27-,28-/m0/s1. The molecule has 0 radical (unpaired) electrons. The molecule has 5 rings (SSSR count). The fourth-order valence-electron chi connectivity index (χ4n) is 5.33. The summed E-state index contributed by atoms with van der Waals surface area (Å²) in [6, 6.07) is 28.4. The van der Waals surface area contributed by atoms with Gasteiger partial charge in [-0.2, -0.15) is 12.6 Å². The van der Waals surface area contributed by atoms with Gasteiger partial charge < -0.3 is 4.90 Å². The van der Waals surface area contributed by atoms with Crippen molar-refractivity contribution in [3.8, 4) is 11.1 Å². The predicted octanol–water partition coefficient (Wildman–Crippen LogP) is 6.15. The van der Waals surface area contributed by atoms with E-state index in [9.17, 15) is 0 Å². The van der Waals surface area contributed by atoms with Gasteiger partial charge in [-0.25, -0.2) is 4.99 Å². The summed E-state index contributed by atoms with van der Waals surface area (Å²) in [5, 5.41) is 0. The van der Waals surface area contributed by atoms with Gasteiger partial charge in [-0.05, 0) is 59.4 Å². The van der Waals surface area contributed by atoms with Crippen molar-refractivity contribution in [1.82, 2.24) is 4.90 Å². The largest absolute Gasteiger partial charge is 0.305 e. The molecule has 2 aliphatic rings. The molecule has 0 bridgehead atoms. The lowest BCUT2D eigenvalue weighted by Gasteiger charge is -2.18. The molecule has 34 heavy (non-hydrogen) atoms. The number of hydrogen-bond acceptors (Lipinski definition) is 4. The summed E-state index contributed by atoms with van der Waals surface area (Å²) < 4.78 is 0. The number of likely N-dealkylation sites (tertiary alicyclic amines) is 1. The third kappa shape index (κ3) is 5.34. The molecule has 2 atom stereocenters. The van der Waals surface area contributed by atoms with E-state index >= 15 is 0 Å². The fraction of sp³-hybridized carbons (Fsp3) is 0.333. The number of amidine groups is 1. The number of nitrogens with zero attached hydrogens (tertiary/aromatic N) is 3. The van der Waals surface area contributed by atoms with Gasteiger partial charge in [0, 0.05) is 25.4 Å². The molecule has 1 fully saturated rings. The Labute approximate surface area is 209 Å². The first-order chi connectivity index (χ1) is 16.7. The van der Waals surface area contributed by atoms with Crippen molar-refractivity contribution in [3.63, 3.8) is 0 Å². The smallest absolute Gasteiger partial charge is 0.124 e. The zero-order chi connectivity index (χ0) is 23.3. The Hall–Kier alpha value is -2.69. The average Bonchev–Trinajstić information content (AvgIpc) is 3.50. The molecule has 0 spiro atoms. The first-order valence-corrected chi connectivity index (χ1v) is 13.0. The van der Waals surface area contributed by atoms with E-state index in [4.69, 9.17) is 9.98 Å². The van der Waals surface area contributed by atoms with Crippen molar-refractivity contribution >= 4 is 24.2 Å². The van der Waals surface area contributed by atoms with E-state index < -0.39 is 0 Å². The van der Waals surface area contributed by atoms with Gasteiger partial charge in [-0.15, -0.1) is 0 Å². The molecule has 2 aliphatic heterocycles. The number of likely N-dealkylation sites (N-methyl/N-ethyl adjacent to an activating group) is 1. The fourth-order valence-corrected chi connectivity index (χ4v) is 5.66. The molecule has 0 N–H and O–H groups in total. The minimum Gasteiger partial charge on any atom is -0.305 e. The first kappa shape index (κ1) is 23.1. The molecular weight excluding hydrogens is 434 g/mol. The van der Waals surface area contributed by atoms with Gasteiger partial charge >= 0.3 is 0 Å². The molecule has 3 aromatic rings.